The predicted molar refractivity (Wildman–Crippen MR) is 54.2 cm³/mol. The molecule has 1 aliphatic rings. The zero-order valence-corrected chi connectivity index (χ0v) is 8.98. The molecule has 1 rings (SSSR count). The Hall–Kier alpha value is -1.04. The predicted octanol–water partition coefficient (Wildman–Crippen LogP) is 2.01. The van der Waals surface area contributed by atoms with Crippen molar-refractivity contribution in [1.29, 1.82) is 0 Å². The second-order valence-corrected chi connectivity index (χ2v) is 3.83. The molecule has 1 aliphatic carbocycles. The molecular formula is C9H10ClF3N2O. The number of halogens is 4. The van der Waals surface area contributed by atoms with Gasteiger partial charge < -0.3 is 5.73 Å². The molecule has 7 heteroatoms. The molecule has 90 valence electrons. The molecule has 0 aromatic carbocycles. The quantitative estimate of drug-likeness (QED) is 0.474. The third-order valence-electron chi connectivity index (χ3n) is 2.11. The van der Waals surface area contributed by atoms with Gasteiger partial charge in [0, 0.05) is 12.7 Å². The lowest BCUT2D eigenvalue weighted by molar-refractivity contribution is -0.108. The summed E-state index contributed by atoms with van der Waals surface area (Å²) in [5, 5.41) is -1.26. The summed E-state index contributed by atoms with van der Waals surface area (Å²) in [7, 11) is 0. The molecule has 0 aliphatic heterocycles. The normalized spacial score (nSPS) is 18.8. The van der Waals surface area contributed by atoms with Gasteiger partial charge in [-0.3, -0.25) is 9.79 Å². The monoisotopic (exact) mass is 254 g/mol. The molecule has 0 aromatic heterocycles. The van der Waals surface area contributed by atoms with E-state index < -0.39 is 22.7 Å². The lowest BCUT2D eigenvalue weighted by atomic mass is 10.2. The van der Waals surface area contributed by atoms with E-state index >= 15 is 0 Å². The summed E-state index contributed by atoms with van der Waals surface area (Å²) in [6, 6.07) is 0. The van der Waals surface area contributed by atoms with E-state index in [0.717, 1.165) is 12.8 Å². The molecule has 16 heavy (non-hydrogen) atoms. The van der Waals surface area contributed by atoms with E-state index in [4.69, 9.17) is 17.3 Å². The van der Waals surface area contributed by atoms with Gasteiger partial charge >= 0.3 is 6.18 Å². The van der Waals surface area contributed by atoms with E-state index in [0.29, 0.717) is 6.20 Å². The summed E-state index contributed by atoms with van der Waals surface area (Å²) in [4.78, 5) is 14.1. The molecule has 0 heterocycles. The Balaban J connectivity index is 2.93. The summed E-state index contributed by atoms with van der Waals surface area (Å²) in [6.07, 6.45) is -2.45. The number of carbonyl (C=O) groups is 1. The third-order valence-corrected chi connectivity index (χ3v) is 2.31. The minimum absolute atomic E-state index is 0.0519. The molecule has 0 amide bonds. The summed E-state index contributed by atoms with van der Waals surface area (Å²) < 4.78 is 37.7. The number of allylic oxidation sites excluding steroid dienone is 1. The maximum absolute atomic E-state index is 12.6. The van der Waals surface area contributed by atoms with Crippen LogP contribution in [-0.4, -0.2) is 23.7 Å². The summed E-state index contributed by atoms with van der Waals surface area (Å²) in [5.41, 5.74) is 2.86. The molecule has 0 spiro atoms. The topological polar surface area (TPSA) is 55.5 Å². The van der Waals surface area contributed by atoms with Crippen molar-refractivity contribution >= 4 is 22.6 Å². The first-order chi connectivity index (χ1) is 7.36. The molecular weight excluding hydrogens is 245 g/mol. The van der Waals surface area contributed by atoms with Crippen LogP contribution in [0.15, 0.2) is 16.8 Å². The van der Waals surface area contributed by atoms with Crippen LogP contribution in [0.1, 0.15) is 12.8 Å². The van der Waals surface area contributed by atoms with Gasteiger partial charge in [-0.1, -0.05) is 0 Å². The van der Waals surface area contributed by atoms with Gasteiger partial charge in [0.1, 0.15) is 0 Å². The van der Waals surface area contributed by atoms with Gasteiger partial charge in [0.15, 0.2) is 5.71 Å². The van der Waals surface area contributed by atoms with Crippen molar-refractivity contribution in [3.63, 3.8) is 0 Å². The lowest BCUT2D eigenvalue weighted by Crippen LogP contribution is -2.28. The Kier molecular flexibility index (Phi) is 3.96. The van der Waals surface area contributed by atoms with Gasteiger partial charge in [0.2, 0.25) is 0 Å². The smallest absolute Gasteiger partial charge is 0.404 e. The van der Waals surface area contributed by atoms with Crippen LogP contribution < -0.4 is 5.73 Å². The maximum Gasteiger partial charge on any atom is 0.433 e. The van der Waals surface area contributed by atoms with Crippen molar-refractivity contribution in [3.8, 4) is 0 Å². The molecule has 0 bridgehead atoms. The van der Waals surface area contributed by atoms with Gasteiger partial charge in [-0.05, 0) is 30.4 Å². The molecule has 1 saturated carbocycles. The van der Waals surface area contributed by atoms with Crippen molar-refractivity contribution in [2.75, 3.05) is 6.54 Å². The maximum atomic E-state index is 12.6. The number of rotatable bonds is 4. The van der Waals surface area contributed by atoms with Crippen LogP contribution in [0.25, 0.3) is 0 Å². The molecule has 0 atom stereocenters. The zero-order valence-electron chi connectivity index (χ0n) is 8.22. The minimum Gasteiger partial charge on any atom is -0.404 e. The number of aliphatic imine (C=N–C) groups is 1. The van der Waals surface area contributed by atoms with Gasteiger partial charge in [0.25, 0.3) is 5.24 Å². The fourth-order valence-corrected chi connectivity index (χ4v) is 1.24. The highest BCUT2D eigenvalue weighted by atomic mass is 35.5. The Morgan fingerprint density at radius 1 is 1.50 bits per heavy atom. The first kappa shape index (κ1) is 13.0. The molecule has 0 radical (unpaired) electrons. The SMILES string of the molecule is NC=C(C(=O)Cl)C(=NCC1CC1)C(F)(F)F. The lowest BCUT2D eigenvalue weighted by Gasteiger charge is -2.10. The van der Waals surface area contributed by atoms with Crippen LogP contribution in [0.2, 0.25) is 0 Å². The Morgan fingerprint density at radius 2 is 2.06 bits per heavy atom. The largest absolute Gasteiger partial charge is 0.433 e. The van der Waals surface area contributed by atoms with E-state index in [1.165, 1.54) is 0 Å². The standard InChI is InChI=1S/C9H10ClF3N2O/c10-8(16)6(3-14)7(9(11,12)13)15-4-5-1-2-5/h3,5H,1-2,4,14H2. The summed E-state index contributed by atoms with van der Waals surface area (Å²) >= 11 is 5.01. The van der Waals surface area contributed by atoms with Gasteiger partial charge in [-0.15, -0.1) is 0 Å². The van der Waals surface area contributed by atoms with Crippen molar-refractivity contribution in [1.82, 2.24) is 0 Å². The van der Waals surface area contributed by atoms with E-state index in [1.807, 2.05) is 0 Å². The summed E-state index contributed by atoms with van der Waals surface area (Å²) in [5.74, 6) is 0.182. The summed E-state index contributed by atoms with van der Waals surface area (Å²) in [6.45, 7) is 0.0519. The van der Waals surface area contributed by atoms with Crippen molar-refractivity contribution in [3.05, 3.63) is 11.8 Å². The molecule has 0 unspecified atom stereocenters. The average Bonchev–Trinajstić information content (AvgIpc) is 2.92. The third kappa shape index (κ3) is 3.52. The van der Waals surface area contributed by atoms with Gasteiger partial charge in [-0.2, -0.15) is 13.2 Å². The molecule has 2 N–H and O–H groups in total. The van der Waals surface area contributed by atoms with E-state index in [-0.39, 0.29) is 12.5 Å². The molecule has 1 fully saturated rings. The Morgan fingerprint density at radius 3 is 2.38 bits per heavy atom. The highest BCUT2D eigenvalue weighted by Gasteiger charge is 2.40. The van der Waals surface area contributed by atoms with Crippen LogP contribution in [0, 0.1) is 5.92 Å². The first-order valence-electron chi connectivity index (χ1n) is 4.60. The number of alkyl halides is 3. The minimum atomic E-state index is -4.72. The number of carbonyl (C=O) groups excluding carboxylic acids is 1. The van der Waals surface area contributed by atoms with E-state index in [9.17, 15) is 18.0 Å². The zero-order chi connectivity index (χ0) is 12.3. The average molecular weight is 255 g/mol. The van der Waals surface area contributed by atoms with Gasteiger partial charge in [0.05, 0.1) is 5.57 Å². The van der Waals surface area contributed by atoms with Crippen LogP contribution >= 0.6 is 11.6 Å². The number of hydrogen-bond acceptors (Lipinski definition) is 3. The molecule has 3 nitrogen and oxygen atoms in total. The van der Waals surface area contributed by atoms with Crippen LogP contribution in [0.5, 0.6) is 0 Å². The second-order valence-electron chi connectivity index (χ2n) is 3.48. The second kappa shape index (κ2) is 4.86. The highest BCUT2D eigenvalue weighted by Crippen LogP contribution is 2.30. The van der Waals surface area contributed by atoms with E-state index in [1.54, 1.807) is 0 Å². The van der Waals surface area contributed by atoms with Crippen LogP contribution in [0.4, 0.5) is 13.2 Å². The van der Waals surface area contributed by atoms with Gasteiger partial charge in [-0.25, -0.2) is 0 Å². The Bertz CT molecular complexity index is 345. The van der Waals surface area contributed by atoms with Crippen molar-refractivity contribution < 1.29 is 18.0 Å². The Labute approximate surface area is 95.2 Å². The van der Waals surface area contributed by atoms with E-state index in [2.05, 4.69) is 4.99 Å². The molecule has 0 aromatic rings. The van der Waals surface area contributed by atoms with Crippen molar-refractivity contribution in [2.24, 2.45) is 16.6 Å². The fraction of sp³-hybridized carbons (Fsp3) is 0.556. The fourth-order valence-electron chi connectivity index (χ4n) is 1.09. The first-order valence-corrected chi connectivity index (χ1v) is 4.97. The van der Waals surface area contributed by atoms with Crippen LogP contribution in [0.3, 0.4) is 0 Å². The molecule has 0 saturated heterocycles. The number of nitrogens with zero attached hydrogens (tertiary/aromatic N) is 1. The number of hydrogen-bond donors (Lipinski definition) is 1. The van der Waals surface area contributed by atoms with Crippen molar-refractivity contribution in [2.45, 2.75) is 19.0 Å². The van der Waals surface area contributed by atoms with Crippen LogP contribution in [-0.2, 0) is 4.79 Å². The number of nitrogens with two attached hydrogens (primary N) is 1. The highest BCUT2D eigenvalue weighted by molar-refractivity contribution is 6.71.